The molecule has 1 rings (SSSR count). The van der Waals surface area contributed by atoms with Gasteiger partial charge in [0.1, 0.15) is 0 Å². The Kier molecular flexibility index (Phi) is 2.17. The third-order valence-electron chi connectivity index (χ3n) is 1.08. The minimum absolute atomic E-state index is 0.833. The van der Waals surface area contributed by atoms with Crippen molar-refractivity contribution in [3.05, 3.63) is 0 Å². The van der Waals surface area contributed by atoms with E-state index in [9.17, 15) is 0 Å². The zero-order valence-corrected chi connectivity index (χ0v) is 4.39. The van der Waals surface area contributed by atoms with Crippen LogP contribution in [0.4, 0.5) is 0 Å². The van der Waals surface area contributed by atoms with Crippen LogP contribution >= 0.6 is 0 Å². The van der Waals surface area contributed by atoms with E-state index >= 15 is 0 Å². The molecule has 0 bridgehead atoms. The molecule has 0 aliphatic carbocycles. The Labute approximate surface area is 43.8 Å². The molecule has 0 amide bonds. The van der Waals surface area contributed by atoms with Crippen molar-refractivity contribution in [1.82, 2.24) is 5.48 Å². The zero-order valence-electron chi connectivity index (χ0n) is 4.39. The summed E-state index contributed by atoms with van der Waals surface area (Å²) in [5.41, 5.74) is 3.77. The van der Waals surface area contributed by atoms with E-state index in [0.717, 1.165) is 13.2 Å². The fraction of sp³-hybridized carbons (Fsp3) is 1.00. The zero-order chi connectivity index (χ0) is 4.95. The molecule has 41 valence electrons. The molecule has 0 aromatic heterocycles. The van der Waals surface area contributed by atoms with Crippen LogP contribution in [0.15, 0.2) is 0 Å². The first-order valence-electron chi connectivity index (χ1n) is 2.79. The highest BCUT2D eigenvalue weighted by Crippen LogP contribution is 1.98. The molecule has 7 heavy (non-hydrogen) atoms. The van der Waals surface area contributed by atoms with Crippen LogP contribution < -0.4 is 5.48 Å². The summed E-state index contributed by atoms with van der Waals surface area (Å²) in [5, 5.41) is 0. The monoisotopic (exact) mass is 100 g/mol. The highest BCUT2D eigenvalue weighted by atomic mass is 16.6. The lowest BCUT2D eigenvalue weighted by Crippen LogP contribution is -2.03. The van der Waals surface area contributed by atoms with Gasteiger partial charge in [0.15, 0.2) is 0 Å². The van der Waals surface area contributed by atoms with Crippen molar-refractivity contribution in [3.63, 3.8) is 0 Å². The SMILES string of the molecule is C1CC[N]OCC1. The van der Waals surface area contributed by atoms with Crippen molar-refractivity contribution in [3.8, 4) is 0 Å². The van der Waals surface area contributed by atoms with E-state index < -0.39 is 0 Å². The van der Waals surface area contributed by atoms with Gasteiger partial charge in [0, 0.05) is 6.54 Å². The highest BCUT2D eigenvalue weighted by molar-refractivity contribution is 4.44. The first-order chi connectivity index (χ1) is 3.50. The van der Waals surface area contributed by atoms with E-state index in [1.165, 1.54) is 19.3 Å². The lowest BCUT2D eigenvalue weighted by molar-refractivity contribution is 0.0442. The molecule has 2 nitrogen and oxygen atoms in total. The first-order valence-corrected chi connectivity index (χ1v) is 2.79. The number of rotatable bonds is 0. The Morgan fingerprint density at radius 2 is 2.14 bits per heavy atom. The molecule has 0 N–H and O–H groups in total. The quantitative estimate of drug-likeness (QED) is 0.439. The van der Waals surface area contributed by atoms with Gasteiger partial charge in [-0.25, -0.2) is 0 Å². The van der Waals surface area contributed by atoms with Gasteiger partial charge in [0.25, 0.3) is 0 Å². The molecule has 1 saturated heterocycles. The molecule has 0 atom stereocenters. The van der Waals surface area contributed by atoms with Gasteiger partial charge in [-0.3, -0.25) is 4.84 Å². The summed E-state index contributed by atoms with van der Waals surface area (Å²) < 4.78 is 0. The average Bonchev–Trinajstić information content (AvgIpc) is 1.90. The van der Waals surface area contributed by atoms with E-state index in [1.807, 2.05) is 0 Å². The third kappa shape index (κ3) is 1.90. The third-order valence-corrected chi connectivity index (χ3v) is 1.08. The molecule has 0 aromatic rings. The molecule has 1 heterocycles. The highest BCUT2D eigenvalue weighted by Gasteiger charge is 1.96. The van der Waals surface area contributed by atoms with Crippen molar-refractivity contribution >= 4 is 0 Å². The molecular formula is C5H10NO. The van der Waals surface area contributed by atoms with E-state index in [4.69, 9.17) is 4.84 Å². The van der Waals surface area contributed by atoms with Gasteiger partial charge in [-0.05, 0) is 19.3 Å². The Bertz CT molecular complexity index is 27.7. The molecule has 1 aliphatic heterocycles. The normalized spacial score (nSPS) is 24.0. The molecule has 0 aromatic carbocycles. The lowest BCUT2D eigenvalue weighted by atomic mass is 10.2. The second kappa shape index (κ2) is 2.99. The fourth-order valence-corrected chi connectivity index (χ4v) is 0.649. The van der Waals surface area contributed by atoms with Crippen LogP contribution in [0.3, 0.4) is 0 Å². The van der Waals surface area contributed by atoms with Crippen LogP contribution in [0.1, 0.15) is 19.3 Å². The van der Waals surface area contributed by atoms with Crippen molar-refractivity contribution in [2.45, 2.75) is 19.3 Å². The largest absolute Gasteiger partial charge is 0.282 e. The van der Waals surface area contributed by atoms with Crippen molar-refractivity contribution < 1.29 is 4.84 Å². The summed E-state index contributed by atoms with van der Waals surface area (Å²) in [6.07, 6.45) is 3.67. The second-order valence-corrected chi connectivity index (χ2v) is 1.75. The summed E-state index contributed by atoms with van der Waals surface area (Å²) in [5.74, 6) is 0. The maximum atomic E-state index is 4.82. The van der Waals surface area contributed by atoms with E-state index in [-0.39, 0.29) is 0 Å². The number of hydrogen-bond donors (Lipinski definition) is 0. The standard InChI is InChI=1S/C5H10NO/c1-2-4-6-7-5-3-1/h1-5H2. The molecule has 2 heteroatoms. The minimum atomic E-state index is 0.833. The van der Waals surface area contributed by atoms with Crippen LogP contribution in [0, 0.1) is 0 Å². The Balaban J connectivity index is 2.04. The summed E-state index contributed by atoms with van der Waals surface area (Å²) >= 11 is 0. The summed E-state index contributed by atoms with van der Waals surface area (Å²) in [7, 11) is 0. The predicted octanol–water partition coefficient (Wildman–Crippen LogP) is 0.706. The molecule has 1 fully saturated rings. The fourth-order valence-electron chi connectivity index (χ4n) is 0.649. The smallest absolute Gasteiger partial charge is 0.0702 e. The van der Waals surface area contributed by atoms with Gasteiger partial charge in [-0.15, -0.1) is 0 Å². The van der Waals surface area contributed by atoms with Gasteiger partial charge in [0.2, 0.25) is 0 Å². The van der Waals surface area contributed by atoms with Gasteiger partial charge < -0.3 is 0 Å². The lowest BCUT2D eigenvalue weighted by Gasteiger charge is -1.90. The van der Waals surface area contributed by atoms with Crippen molar-refractivity contribution in [1.29, 1.82) is 0 Å². The van der Waals surface area contributed by atoms with Gasteiger partial charge in [-0.2, -0.15) is 0 Å². The molecular weight excluding hydrogens is 90.1 g/mol. The van der Waals surface area contributed by atoms with E-state index in [2.05, 4.69) is 5.48 Å². The van der Waals surface area contributed by atoms with Crippen LogP contribution in [0.25, 0.3) is 0 Å². The topological polar surface area (TPSA) is 23.3 Å². The number of nitrogens with zero attached hydrogens (tertiary/aromatic N) is 1. The maximum absolute atomic E-state index is 4.82. The molecule has 1 aliphatic rings. The summed E-state index contributed by atoms with van der Waals surface area (Å²) in [6, 6.07) is 0. The summed E-state index contributed by atoms with van der Waals surface area (Å²) in [4.78, 5) is 4.82. The van der Waals surface area contributed by atoms with Crippen LogP contribution in [-0.4, -0.2) is 13.2 Å². The molecule has 0 saturated carbocycles. The molecule has 0 unspecified atom stereocenters. The van der Waals surface area contributed by atoms with Crippen LogP contribution in [0.2, 0.25) is 0 Å². The van der Waals surface area contributed by atoms with E-state index in [0.29, 0.717) is 0 Å². The van der Waals surface area contributed by atoms with Gasteiger partial charge in [0.05, 0.1) is 6.61 Å². The predicted molar refractivity (Wildman–Crippen MR) is 26.8 cm³/mol. The van der Waals surface area contributed by atoms with Gasteiger partial charge in [-0.1, -0.05) is 5.48 Å². The van der Waals surface area contributed by atoms with Gasteiger partial charge >= 0.3 is 0 Å². The number of hydrogen-bond acceptors (Lipinski definition) is 1. The van der Waals surface area contributed by atoms with Crippen LogP contribution in [0.5, 0.6) is 0 Å². The Morgan fingerprint density at radius 3 is 3.14 bits per heavy atom. The molecule has 1 radical (unpaired) electrons. The van der Waals surface area contributed by atoms with Crippen LogP contribution in [-0.2, 0) is 4.84 Å². The average molecular weight is 100 g/mol. The first kappa shape index (κ1) is 5.06. The van der Waals surface area contributed by atoms with Crippen molar-refractivity contribution in [2.75, 3.05) is 13.2 Å². The van der Waals surface area contributed by atoms with Crippen molar-refractivity contribution in [2.24, 2.45) is 0 Å². The minimum Gasteiger partial charge on any atom is -0.282 e. The second-order valence-electron chi connectivity index (χ2n) is 1.75. The Hall–Kier alpha value is -0.0800. The molecule has 0 spiro atoms. The summed E-state index contributed by atoms with van der Waals surface area (Å²) in [6.45, 7) is 1.74. The Morgan fingerprint density at radius 1 is 1.14 bits per heavy atom. The number of hydroxylamine groups is 1. The maximum Gasteiger partial charge on any atom is 0.0702 e. The van der Waals surface area contributed by atoms with E-state index in [1.54, 1.807) is 0 Å².